The Morgan fingerprint density at radius 2 is 1.84 bits per heavy atom. The number of fused-ring (bicyclic) bond motifs is 1. The first-order chi connectivity index (χ1) is 14.8. The van der Waals surface area contributed by atoms with E-state index in [0.717, 1.165) is 16.3 Å². The molecule has 3 rings (SSSR count). The van der Waals surface area contributed by atoms with Crippen LogP contribution in [-0.4, -0.2) is 28.0 Å². The van der Waals surface area contributed by atoms with E-state index in [1.807, 2.05) is 24.3 Å². The van der Waals surface area contributed by atoms with Gasteiger partial charge in [0, 0.05) is 5.56 Å². The highest BCUT2D eigenvalue weighted by Crippen LogP contribution is 2.33. The van der Waals surface area contributed by atoms with E-state index in [-0.39, 0.29) is 22.8 Å². The molecular weight excluding hydrogens is 418 g/mol. The van der Waals surface area contributed by atoms with Crippen molar-refractivity contribution in [2.75, 3.05) is 0 Å². The Labute approximate surface area is 183 Å². The number of aromatic hydroxyl groups is 1. The predicted molar refractivity (Wildman–Crippen MR) is 119 cm³/mol. The number of hydrogen-bond acceptors (Lipinski definition) is 6. The summed E-state index contributed by atoms with van der Waals surface area (Å²) in [6.07, 6.45) is 3.65. The van der Waals surface area contributed by atoms with Crippen LogP contribution in [0.5, 0.6) is 5.75 Å². The zero-order valence-electron chi connectivity index (χ0n) is 16.3. The summed E-state index contributed by atoms with van der Waals surface area (Å²) in [7, 11) is 0. The van der Waals surface area contributed by atoms with Crippen molar-refractivity contribution in [1.82, 2.24) is 0 Å². The van der Waals surface area contributed by atoms with E-state index >= 15 is 0 Å². The molecule has 31 heavy (non-hydrogen) atoms. The highest BCUT2D eigenvalue weighted by Gasteiger charge is 2.24. The van der Waals surface area contributed by atoms with Crippen LogP contribution in [0, 0.1) is 5.53 Å². The van der Waals surface area contributed by atoms with Gasteiger partial charge in [0.2, 0.25) is 0 Å². The van der Waals surface area contributed by atoms with Crippen LogP contribution in [0.1, 0.15) is 33.9 Å². The van der Waals surface area contributed by atoms with E-state index in [1.165, 1.54) is 18.2 Å². The molecule has 3 aromatic carbocycles. The Morgan fingerprint density at radius 3 is 2.48 bits per heavy atom. The molecular formula is C23H20ClN3O4. The second kappa shape index (κ2) is 9.51. The van der Waals surface area contributed by atoms with Crippen molar-refractivity contribution >= 4 is 40.2 Å². The number of carbonyl (C=O) groups excluding carboxylic acids is 1. The van der Waals surface area contributed by atoms with Gasteiger partial charge in [-0.2, -0.15) is 5.11 Å². The molecule has 0 aliphatic heterocycles. The quantitative estimate of drug-likeness (QED) is 0.291. The average molecular weight is 438 g/mol. The molecule has 0 heterocycles. The number of halogens is 1. The molecule has 0 bridgehead atoms. The number of carboxylic acid groups (broad SMARTS) is 1. The minimum Gasteiger partial charge on any atom is -0.506 e. The summed E-state index contributed by atoms with van der Waals surface area (Å²) in [4.78, 5) is 23.9. The van der Waals surface area contributed by atoms with E-state index in [9.17, 15) is 14.7 Å². The predicted octanol–water partition coefficient (Wildman–Crippen LogP) is 4.97. The summed E-state index contributed by atoms with van der Waals surface area (Å²) in [5.41, 5.74) is 14.8. The molecule has 0 saturated heterocycles. The lowest BCUT2D eigenvalue weighted by Crippen LogP contribution is -2.29. The molecule has 0 spiro atoms. The van der Waals surface area contributed by atoms with Gasteiger partial charge in [-0.3, -0.25) is 9.59 Å². The minimum atomic E-state index is -1.08. The zero-order valence-corrected chi connectivity index (χ0v) is 17.1. The third-order valence-electron chi connectivity index (χ3n) is 4.90. The van der Waals surface area contributed by atoms with Gasteiger partial charge in [0.25, 0.3) is 0 Å². The Hall–Kier alpha value is -3.55. The Kier molecular flexibility index (Phi) is 6.79. The molecule has 0 amide bonds. The molecule has 0 radical (unpaired) electrons. The summed E-state index contributed by atoms with van der Waals surface area (Å²) in [6, 6.07) is 12.9. The second-order valence-electron chi connectivity index (χ2n) is 6.93. The fraction of sp³-hybridized carbons (Fsp3) is 0.130. The summed E-state index contributed by atoms with van der Waals surface area (Å²) in [5.74, 6) is -1.63. The largest absolute Gasteiger partial charge is 0.506 e. The van der Waals surface area contributed by atoms with Gasteiger partial charge in [0.15, 0.2) is 11.8 Å². The topological polar surface area (TPSA) is 137 Å². The van der Waals surface area contributed by atoms with Crippen LogP contribution in [0.25, 0.3) is 16.8 Å². The van der Waals surface area contributed by atoms with Crippen LogP contribution in [0.15, 0.2) is 65.8 Å². The minimum absolute atomic E-state index is 0.0412. The van der Waals surface area contributed by atoms with E-state index in [4.69, 9.17) is 28.0 Å². The number of nitrogens with zero attached hydrogens (tertiary/aromatic N) is 1. The first-order valence-corrected chi connectivity index (χ1v) is 9.77. The lowest BCUT2D eigenvalue weighted by atomic mass is 9.91. The molecule has 0 aliphatic rings. The highest BCUT2D eigenvalue weighted by molar-refractivity contribution is 6.32. The van der Waals surface area contributed by atoms with E-state index in [2.05, 4.69) is 5.11 Å². The monoisotopic (exact) mass is 437 g/mol. The van der Waals surface area contributed by atoms with Crippen molar-refractivity contribution in [2.45, 2.75) is 18.5 Å². The fourth-order valence-corrected chi connectivity index (χ4v) is 3.44. The number of carbonyl (C=O) groups is 2. The van der Waals surface area contributed by atoms with Gasteiger partial charge in [0.1, 0.15) is 11.8 Å². The lowest BCUT2D eigenvalue weighted by molar-refractivity contribution is -0.138. The summed E-state index contributed by atoms with van der Waals surface area (Å²) in [5, 5.41) is 23.7. The highest BCUT2D eigenvalue weighted by atomic mass is 35.5. The van der Waals surface area contributed by atoms with Crippen molar-refractivity contribution in [1.29, 1.82) is 5.53 Å². The third-order valence-corrected chi connectivity index (χ3v) is 5.20. The van der Waals surface area contributed by atoms with Crippen molar-refractivity contribution in [3.8, 4) is 5.75 Å². The van der Waals surface area contributed by atoms with Crippen molar-refractivity contribution < 1.29 is 19.8 Å². The first-order valence-electron chi connectivity index (χ1n) is 9.39. The van der Waals surface area contributed by atoms with Crippen molar-refractivity contribution in [2.24, 2.45) is 10.8 Å². The number of phenols is 1. The molecule has 2 unspecified atom stereocenters. The SMILES string of the molecule is N=NC(C(=O)c1ccc(O)c(Cl)c1)c1ccc(C=CCC(N)C(=O)O)c2ccccc12. The maximum absolute atomic E-state index is 13.0. The number of phenolic OH excluding ortho intramolecular Hbond substituents is 1. The molecule has 0 aliphatic carbocycles. The molecule has 0 saturated carbocycles. The summed E-state index contributed by atoms with van der Waals surface area (Å²) >= 11 is 5.92. The molecule has 0 aromatic heterocycles. The van der Waals surface area contributed by atoms with Gasteiger partial charge in [-0.05, 0) is 46.5 Å². The maximum Gasteiger partial charge on any atom is 0.320 e. The van der Waals surface area contributed by atoms with E-state index in [1.54, 1.807) is 24.3 Å². The lowest BCUT2D eigenvalue weighted by Gasteiger charge is -2.15. The normalized spacial score (nSPS) is 13.2. The van der Waals surface area contributed by atoms with E-state index in [0.29, 0.717) is 5.56 Å². The zero-order chi connectivity index (χ0) is 22.5. The molecule has 2 atom stereocenters. The van der Waals surface area contributed by atoms with E-state index < -0.39 is 23.8 Å². The number of hydrogen-bond donors (Lipinski definition) is 4. The van der Waals surface area contributed by atoms with Crippen LogP contribution in [0.2, 0.25) is 5.02 Å². The van der Waals surface area contributed by atoms with Crippen molar-refractivity contribution in [3.63, 3.8) is 0 Å². The fourth-order valence-electron chi connectivity index (χ4n) is 3.26. The summed E-state index contributed by atoms with van der Waals surface area (Å²) < 4.78 is 0. The number of aliphatic carboxylic acids is 1. The molecule has 0 fully saturated rings. The van der Waals surface area contributed by atoms with Gasteiger partial charge in [-0.15, -0.1) is 0 Å². The number of ketones is 1. The number of nitrogens with two attached hydrogens (primary N) is 1. The molecule has 3 aromatic rings. The molecule has 8 heteroatoms. The van der Waals surface area contributed by atoms with Crippen LogP contribution in [0.3, 0.4) is 0 Å². The number of carboxylic acids is 1. The van der Waals surface area contributed by atoms with Crippen LogP contribution >= 0.6 is 11.6 Å². The molecule has 5 N–H and O–H groups in total. The van der Waals surface area contributed by atoms with Gasteiger partial charge in [-0.25, -0.2) is 5.53 Å². The van der Waals surface area contributed by atoms with Crippen molar-refractivity contribution in [3.05, 3.63) is 82.4 Å². The smallest absolute Gasteiger partial charge is 0.320 e. The second-order valence-corrected chi connectivity index (χ2v) is 7.34. The number of nitrogens with one attached hydrogen (secondary N) is 1. The third kappa shape index (κ3) is 4.79. The van der Waals surface area contributed by atoms with Gasteiger partial charge < -0.3 is 15.9 Å². The average Bonchev–Trinajstić information content (AvgIpc) is 2.76. The number of benzene rings is 3. The number of Topliss-reactive ketones (excluding diaryl/α,β-unsaturated/α-hetero) is 1. The molecule has 7 nitrogen and oxygen atoms in total. The van der Waals surface area contributed by atoms with Crippen LogP contribution < -0.4 is 5.73 Å². The summed E-state index contributed by atoms with van der Waals surface area (Å²) in [6.45, 7) is 0. The van der Waals surface area contributed by atoms with Crippen LogP contribution in [-0.2, 0) is 4.79 Å². The van der Waals surface area contributed by atoms with Gasteiger partial charge >= 0.3 is 5.97 Å². The maximum atomic E-state index is 13.0. The number of rotatable bonds is 8. The van der Waals surface area contributed by atoms with Gasteiger partial charge in [-0.1, -0.05) is 60.2 Å². The van der Waals surface area contributed by atoms with Crippen LogP contribution in [0.4, 0.5) is 0 Å². The Bertz CT molecular complexity index is 1190. The standard InChI is InChI=1S/C23H20ClN3O4/c24-18-12-14(9-11-20(18)28)22(29)21(27-26)17-10-8-13(4-3-7-19(25)23(30)31)15-5-1-2-6-16(15)17/h1-6,8-12,19,21,26,28H,7,25H2,(H,30,31). The molecule has 158 valence electrons. The Morgan fingerprint density at radius 1 is 1.13 bits per heavy atom. The Balaban J connectivity index is 2.01. The first kappa shape index (κ1) is 22.1. The van der Waals surface area contributed by atoms with Gasteiger partial charge in [0.05, 0.1) is 5.02 Å².